The molecular weight excluding hydrogens is 192 g/mol. The Hall–Kier alpha value is -0.940. The van der Waals surface area contributed by atoms with E-state index in [1.807, 2.05) is 11.6 Å². The van der Waals surface area contributed by atoms with Crippen LogP contribution in [0.1, 0.15) is 44.3 Å². The minimum Gasteiger partial charge on any atom is -0.375 e. The normalized spacial score (nSPS) is 13.5. The van der Waals surface area contributed by atoms with Crippen LogP contribution < -0.4 is 5.73 Å². The summed E-state index contributed by atoms with van der Waals surface area (Å²) in [5.41, 5.74) is 7.52. The Bertz CT molecular complexity index is 308. The summed E-state index contributed by atoms with van der Waals surface area (Å²) >= 11 is 0. The summed E-state index contributed by atoms with van der Waals surface area (Å²) in [7, 11) is 1.69. The van der Waals surface area contributed by atoms with Gasteiger partial charge in [0, 0.05) is 19.6 Å². The number of ether oxygens (including phenoxy) is 1. The van der Waals surface area contributed by atoms with Crippen molar-refractivity contribution in [3.63, 3.8) is 0 Å². The van der Waals surface area contributed by atoms with Crippen molar-refractivity contribution in [3.05, 3.63) is 11.4 Å². The maximum Gasteiger partial charge on any atom is 0.0979 e. The Labute approximate surface area is 90.6 Å². The highest BCUT2D eigenvalue weighted by molar-refractivity contribution is 5.14. The molecule has 0 aliphatic carbocycles. The molecule has 1 unspecified atom stereocenters. The standard InChI is InChI=1S/C10H20N4O/c1-7(2)14-10(8(3)15-4)9(5-6-11)12-13-14/h7-8H,5-6,11H2,1-4H3. The lowest BCUT2D eigenvalue weighted by Gasteiger charge is -2.15. The summed E-state index contributed by atoms with van der Waals surface area (Å²) in [6.07, 6.45) is 0.749. The molecule has 0 bridgehead atoms. The molecule has 1 atom stereocenters. The number of aromatic nitrogens is 3. The molecule has 0 spiro atoms. The lowest BCUT2D eigenvalue weighted by Crippen LogP contribution is -2.13. The lowest BCUT2D eigenvalue weighted by molar-refractivity contribution is 0.109. The molecule has 5 heteroatoms. The van der Waals surface area contributed by atoms with E-state index in [4.69, 9.17) is 10.5 Å². The summed E-state index contributed by atoms with van der Waals surface area (Å²) in [6.45, 7) is 6.73. The van der Waals surface area contributed by atoms with Gasteiger partial charge in [-0.25, -0.2) is 4.68 Å². The smallest absolute Gasteiger partial charge is 0.0979 e. The minimum absolute atomic E-state index is 0.00366. The van der Waals surface area contributed by atoms with E-state index in [9.17, 15) is 0 Å². The maximum absolute atomic E-state index is 5.54. The van der Waals surface area contributed by atoms with E-state index in [-0.39, 0.29) is 12.1 Å². The van der Waals surface area contributed by atoms with E-state index < -0.39 is 0 Å². The van der Waals surface area contributed by atoms with Crippen molar-refractivity contribution in [1.82, 2.24) is 15.0 Å². The van der Waals surface area contributed by atoms with Gasteiger partial charge in [-0.15, -0.1) is 5.10 Å². The molecule has 86 valence electrons. The van der Waals surface area contributed by atoms with Crippen LogP contribution in [0.25, 0.3) is 0 Å². The Morgan fingerprint density at radius 1 is 1.40 bits per heavy atom. The van der Waals surface area contributed by atoms with Gasteiger partial charge in [0.2, 0.25) is 0 Å². The quantitative estimate of drug-likeness (QED) is 0.792. The van der Waals surface area contributed by atoms with Gasteiger partial charge in [0.15, 0.2) is 0 Å². The van der Waals surface area contributed by atoms with Crippen LogP contribution in [-0.4, -0.2) is 28.6 Å². The van der Waals surface area contributed by atoms with Gasteiger partial charge in [0.1, 0.15) is 0 Å². The molecule has 5 nitrogen and oxygen atoms in total. The highest BCUT2D eigenvalue weighted by atomic mass is 16.5. The fourth-order valence-electron chi connectivity index (χ4n) is 1.56. The molecule has 1 aromatic rings. The van der Waals surface area contributed by atoms with Crippen LogP contribution in [-0.2, 0) is 11.2 Å². The summed E-state index contributed by atoms with van der Waals surface area (Å²) in [6, 6.07) is 0.289. The van der Waals surface area contributed by atoms with E-state index in [1.54, 1.807) is 7.11 Å². The Kier molecular flexibility index (Phi) is 4.23. The van der Waals surface area contributed by atoms with E-state index in [0.717, 1.165) is 17.8 Å². The molecule has 0 radical (unpaired) electrons. The van der Waals surface area contributed by atoms with Gasteiger partial charge in [0.25, 0.3) is 0 Å². The third-order valence-corrected chi connectivity index (χ3v) is 2.41. The molecule has 0 amide bonds. The molecular formula is C10H20N4O. The van der Waals surface area contributed by atoms with Gasteiger partial charge in [0.05, 0.1) is 17.5 Å². The zero-order chi connectivity index (χ0) is 11.4. The van der Waals surface area contributed by atoms with Crippen LogP contribution >= 0.6 is 0 Å². The second kappa shape index (κ2) is 5.23. The van der Waals surface area contributed by atoms with Gasteiger partial charge < -0.3 is 10.5 Å². The number of nitrogens with zero attached hydrogens (tertiary/aromatic N) is 3. The third kappa shape index (κ3) is 2.54. The number of hydrogen-bond donors (Lipinski definition) is 1. The predicted molar refractivity (Wildman–Crippen MR) is 58.6 cm³/mol. The molecule has 15 heavy (non-hydrogen) atoms. The molecule has 1 heterocycles. The van der Waals surface area contributed by atoms with Gasteiger partial charge >= 0.3 is 0 Å². The van der Waals surface area contributed by atoms with E-state index in [0.29, 0.717) is 6.54 Å². The average Bonchev–Trinajstić information content (AvgIpc) is 2.61. The van der Waals surface area contributed by atoms with Crippen molar-refractivity contribution in [3.8, 4) is 0 Å². The van der Waals surface area contributed by atoms with E-state index in [2.05, 4.69) is 24.2 Å². The summed E-state index contributed by atoms with van der Waals surface area (Å²) in [4.78, 5) is 0. The highest BCUT2D eigenvalue weighted by Crippen LogP contribution is 2.21. The van der Waals surface area contributed by atoms with Gasteiger partial charge in [-0.05, 0) is 27.3 Å². The minimum atomic E-state index is 0.00366. The first-order valence-corrected chi connectivity index (χ1v) is 5.28. The first-order chi connectivity index (χ1) is 7.11. The van der Waals surface area contributed by atoms with Gasteiger partial charge in [-0.3, -0.25) is 0 Å². The Morgan fingerprint density at radius 2 is 2.07 bits per heavy atom. The van der Waals surface area contributed by atoms with Crippen LogP contribution in [0.2, 0.25) is 0 Å². The van der Waals surface area contributed by atoms with Crippen LogP contribution in [0.5, 0.6) is 0 Å². The van der Waals surface area contributed by atoms with Crippen LogP contribution in [0.3, 0.4) is 0 Å². The number of rotatable bonds is 5. The summed E-state index contributed by atoms with van der Waals surface area (Å²) in [5, 5.41) is 8.28. The van der Waals surface area contributed by atoms with Crippen molar-refractivity contribution in [2.24, 2.45) is 5.73 Å². The van der Waals surface area contributed by atoms with Gasteiger partial charge in [-0.2, -0.15) is 0 Å². The van der Waals surface area contributed by atoms with Gasteiger partial charge in [-0.1, -0.05) is 5.21 Å². The molecule has 0 saturated carbocycles. The summed E-state index contributed by atoms with van der Waals surface area (Å²) < 4.78 is 7.23. The number of nitrogens with two attached hydrogens (primary N) is 1. The maximum atomic E-state index is 5.54. The second-order valence-corrected chi connectivity index (χ2v) is 3.88. The van der Waals surface area contributed by atoms with Crippen molar-refractivity contribution in [2.45, 2.75) is 39.3 Å². The molecule has 0 fully saturated rings. The first kappa shape index (κ1) is 12.1. The van der Waals surface area contributed by atoms with Crippen LogP contribution in [0.4, 0.5) is 0 Å². The van der Waals surface area contributed by atoms with E-state index >= 15 is 0 Å². The lowest BCUT2D eigenvalue weighted by atomic mass is 10.1. The third-order valence-electron chi connectivity index (χ3n) is 2.41. The molecule has 0 saturated heterocycles. The highest BCUT2D eigenvalue weighted by Gasteiger charge is 2.19. The van der Waals surface area contributed by atoms with Crippen molar-refractivity contribution in [1.29, 1.82) is 0 Å². The largest absolute Gasteiger partial charge is 0.375 e. The number of hydrogen-bond acceptors (Lipinski definition) is 4. The number of methoxy groups -OCH3 is 1. The fraction of sp³-hybridized carbons (Fsp3) is 0.800. The molecule has 1 aromatic heterocycles. The Morgan fingerprint density at radius 3 is 2.53 bits per heavy atom. The average molecular weight is 212 g/mol. The molecule has 1 rings (SSSR count). The monoisotopic (exact) mass is 212 g/mol. The first-order valence-electron chi connectivity index (χ1n) is 5.28. The molecule has 2 N–H and O–H groups in total. The fourth-order valence-corrected chi connectivity index (χ4v) is 1.56. The Balaban J connectivity index is 3.08. The van der Waals surface area contributed by atoms with Crippen LogP contribution in [0, 0.1) is 0 Å². The topological polar surface area (TPSA) is 66.0 Å². The zero-order valence-electron chi connectivity index (χ0n) is 9.90. The SMILES string of the molecule is COC(C)c1c(CCN)nnn1C(C)C. The molecule has 0 aliphatic heterocycles. The van der Waals surface area contributed by atoms with Crippen molar-refractivity contribution >= 4 is 0 Å². The van der Waals surface area contributed by atoms with Crippen molar-refractivity contribution in [2.75, 3.05) is 13.7 Å². The summed E-state index contributed by atoms with van der Waals surface area (Å²) in [5.74, 6) is 0. The van der Waals surface area contributed by atoms with E-state index in [1.165, 1.54) is 0 Å². The molecule has 0 aliphatic rings. The van der Waals surface area contributed by atoms with Crippen LogP contribution in [0.15, 0.2) is 0 Å². The van der Waals surface area contributed by atoms with Crippen molar-refractivity contribution < 1.29 is 4.74 Å². The predicted octanol–water partition coefficient (Wildman–Crippen LogP) is 1.07. The zero-order valence-corrected chi connectivity index (χ0v) is 9.90. The second-order valence-electron chi connectivity index (χ2n) is 3.88. The molecule has 0 aromatic carbocycles.